The average molecular weight is 445 g/mol. The molecule has 3 atom stereocenters. The largest absolute Gasteiger partial charge is 0.503 e. The van der Waals surface area contributed by atoms with Gasteiger partial charge < -0.3 is 19.9 Å². The molecule has 8 heteroatoms. The number of aromatic nitrogens is 1. The number of nitrogens with zero attached hydrogens (tertiary/aromatic N) is 1. The number of carbonyl (C=O) groups excluding carboxylic acids is 2. The zero-order valence-corrected chi connectivity index (χ0v) is 18.7. The number of carbonyl (C=O) groups is 2. The summed E-state index contributed by atoms with van der Waals surface area (Å²) in [4.78, 5) is 29.1. The van der Waals surface area contributed by atoms with Crippen molar-refractivity contribution in [2.24, 2.45) is 5.92 Å². The lowest BCUT2D eigenvalue weighted by atomic mass is 9.70. The number of hydrogen-bond donors (Lipinski definition) is 2. The third-order valence-electron chi connectivity index (χ3n) is 6.08. The molecule has 7 nitrogen and oxygen atoms in total. The lowest BCUT2D eigenvalue weighted by Gasteiger charge is -2.38. The van der Waals surface area contributed by atoms with Gasteiger partial charge in [0.2, 0.25) is 0 Å². The van der Waals surface area contributed by atoms with Crippen molar-refractivity contribution in [3.63, 3.8) is 0 Å². The minimum Gasteiger partial charge on any atom is -0.503 e. The second kappa shape index (κ2) is 9.97. The predicted molar refractivity (Wildman–Crippen MR) is 116 cm³/mol. The molecule has 1 saturated carbocycles. The van der Waals surface area contributed by atoms with E-state index in [1.807, 2.05) is 13.8 Å². The molecule has 1 heterocycles. The maximum Gasteiger partial charge on any atom is 0.328 e. The molecule has 0 bridgehead atoms. The summed E-state index contributed by atoms with van der Waals surface area (Å²) in [6, 6.07) is 5.14. The van der Waals surface area contributed by atoms with Crippen molar-refractivity contribution >= 4 is 11.9 Å². The number of ether oxygens (including phenoxy) is 2. The summed E-state index contributed by atoms with van der Waals surface area (Å²) in [6.07, 6.45) is 4.03. The second-order valence-corrected chi connectivity index (χ2v) is 8.27. The monoisotopic (exact) mass is 444 g/mol. The molecule has 2 aromatic rings. The zero-order chi connectivity index (χ0) is 23.4. The molecule has 2 N–H and O–H groups in total. The van der Waals surface area contributed by atoms with Gasteiger partial charge in [-0.2, -0.15) is 0 Å². The van der Waals surface area contributed by atoms with E-state index in [9.17, 15) is 19.1 Å². The molecule has 0 spiro atoms. The summed E-state index contributed by atoms with van der Waals surface area (Å²) < 4.78 is 24.3. The highest BCUT2D eigenvalue weighted by molar-refractivity contribution is 5.97. The number of methoxy groups -OCH3 is 1. The number of halogens is 1. The predicted octanol–water partition coefficient (Wildman–Crippen LogP) is 3.88. The fraction of sp³-hybridized carbons (Fsp3) is 0.458. The quantitative estimate of drug-likeness (QED) is 0.600. The van der Waals surface area contributed by atoms with Crippen LogP contribution in [-0.4, -0.2) is 41.2 Å². The van der Waals surface area contributed by atoms with Gasteiger partial charge in [0.15, 0.2) is 17.2 Å². The summed E-state index contributed by atoms with van der Waals surface area (Å²) in [5, 5.41) is 12.6. The number of rotatable bonds is 8. The number of hydrogen-bond acceptors (Lipinski definition) is 6. The molecular formula is C24H29FN2O5. The van der Waals surface area contributed by atoms with Crippen LogP contribution < -0.4 is 10.1 Å². The van der Waals surface area contributed by atoms with Crippen LogP contribution in [0.4, 0.5) is 4.39 Å². The van der Waals surface area contributed by atoms with Gasteiger partial charge in [0, 0.05) is 18.2 Å². The number of esters is 1. The molecule has 0 unspecified atom stereocenters. The zero-order valence-electron chi connectivity index (χ0n) is 18.7. The van der Waals surface area contributed by atoms with Crippen molar-refractivity contribution in [3.8, 4) is 11.5 Å². The van der Waals surface area contributed by atoms with Gasteiger partial charge >= 0.3 is 5.97 Å². The fourth-order valence-corrected chi connectivity index (χ4v) is 4.15. The molecule has 0 saturated heterocycles. The van der Waals surface area contributed by atoms with Crippen molar-refractivity contribution in [2.45, 2.75) is 58.1 Å². The first-order valence-corrected chi connectivity index (χ1v) is 10.7. The third kappa shape index (κ3) is 5.00. The van der Waals surface area contributed by atoms with Gasteiger partial charge in [-0.05, 0) is 62.8 Å². The van der Waals surface area contributed by atoms with Gasteiger partial charge in [0.1, 0.15) is 18.0 Å². The van der Waals surface area contributed by atoms with Crippen molar-refractivity contribution in [1.29, 1.82) is 0 Å². The SMILES string of the molecule is COc1ccnc(C(=O)N[C@@H](C)C(=O)O[C@@H](C)[C@@H](c2ccc(F)cc2C)C2CCC2)c1O. The highest BCUT2D eigenvalue weighted by Crippen LogP contribution is 2.43. The number of amides is 1. The Balaban J connectivity index is 1.69. The Morgan fingerprint density at radius 2 is 1.97 bits per heavy atom. The van der Waals surface area contributed by atoms with E-state index < -0.39 is 29.8 Å². The average Bonchev–Trinajstić information content (AvgIpc) is 2.71. The maximum atomic E-state index is 13.6. The van der Waals surface area contributed by atoms with Crippen LogP contribution in [0, 0.1) is 18.7 Å². The number of nitrogens with one attached hydrogen (secondary N) is 1. The first-order chi connectivity index (χ1) is 15.2. The number of aromatic hydroxyl groups is 1. The molecule has 3 rings (SSSR count). The van der Waals surface area contributed by atoms with Gasteiger partial charge in [-0.25, -0.2) is 14.2 Å². The Kier molecular flexibility index (Phi) is 7.33. The van der Waals surface area contributed by atoms with Crippen LogP contribution in [0.15, 0.2) is 30.5 Å². The topological polar surface area (TPSA) is 97.8 Å². The minimum atomic E-state index is -0.964. The molecular weight excluding hydrogens is 415 g/mol. The summed E-state index contributed by atoms with van der Waals surface area (Å²) in [5.74, 6) is -1.62. The minimum absolute atomic E-state index is 0.0553. The fourth-order valence-electron chi connectivity index (χ4n) is 4.15. The van der Waals surface area contributed by atoms with Crippen LogP contribution >= 0.6 is 0 Å². The number of pyridine rings is 1. The van der Waals surface area contributed by atoms with Gasteiger partial charge in [0.25, 0.3) is 5.91 Å². The van der Waals surface area contributed by atoms with E-state index in [0.717, 1.165) is 30.4 Å². The van der Waals surface area contributed by atoms with Gasteiger partial charge in [-0.3, -0.25) is 4.79 Å². The van der Waals surface area contributed by atoms with E-state index in [0.29, 0.717) is 5.92 Å². The van der Waals surface area contributed by atoms with E-state index in [4.69, 9.17) is 9.47 Å². The van der Waals surface area contributed by atoms with E-state index in [-0.39, 0.29) is 23.2 Å². The summed E-state index contributed by atoms with van der Waals surface area (Å²) in [5.41, 5.74) is 1.55. The van der Waals surface area contributed by atoms with Crippen LogP contribution in [-0.2, 0) is 9.53 Å². The summed E-state index contributed by atoms with van der Waals surface area (Å²) >= 11 is 0. The van der Waals surface area contributed by atoms with Crippen LogP contribution in [0.5, 0.6) is 11.5 Å². The van der Waals surface area contributed by atoms with Crippen molar-refractivity contribution in [3.05, 3.63) is 53.1 Å². The highest BCUT2D eigenvalue weighted by atomic mass is 19.1. The molecule has 32 heavy (non-hydrogen) atoms. The van der Waals surface area contributed by atoms with Gasteiger partial charge in [0.05, 0.1) is 7.11 Å². The first kappa shape index (κ1) is 23.5. The Labute approximate surface area is 187 Å². The third-order valence-corrected chi connectivity index (χ3v) is 6.08. The lowest BCUT2D eigenvalue weighted by Crippen LogP contribution is -2.42. The Bertz CT molecular complexity index is 992. The Hall–Kier alpha value is -3.16. The molecule has 172 valence electrons. The van der Waals surface area contributed by atoms with E-state index in [1.54, 1.807) is 6.07 Å². The number of benzene rings is 1. The first-order valence-electron chi connectivity index (χ1n) is 10.7. The molecule has 0 aliphatic heterocycles. The molecule has 1 aromatic heterocycles. The van der Waals surface area contributed by atoms with Crippen LogP contribution in [0.2, 0.25) is 0 Å². The van der Waals surface area contributed by atoms with Gasteiger partial charge in [-0.1, -0.05) is 12.5 Å². The number of aryl methyl sites for hydroxylation is 1. The van der Waals surface area contributed by atoms with Crippen LogP contribution in [0.25, 0.3) is 0 Å². The Morgan fingerprint density at radius 3 is 2.56 bits per heavy atom. The van der Waals surface area contributed by atoms with E-state index >= 15 is 0 Å². The lowest BCUT2D eigenvalue weighted by molar-refractivity contribution is -0.152. The molecule has 1 amide bonds. The van der Waals surface area contributed by atoms with Crippen molar-refractivity contribution in [2.75, 3.05) is 7.11 Å². The molecule has 1 aliphatic carbocycles. The summed E-state index contributed by atoms with van der Waals surface area (Å²) in [7, 11) is 1.36. The van der Waals surface area contributed by atoms with Crippen LogP contribution in [0.1, 0.15) is 60.6 Å². The van der Waals surface area contributed by atoms with E-state index in [1.165, 1.54) is 38.4 Å². The van der Waals surface area contributed by atoms with Crippen molar-refractivity contribution < 1.29 is 28.6 Å². The second-order valence-electron chi connectivity index (χ2n) is 8.27. The van der Waals surface area contributed by atoms with Crippen LogP contribution in [0.3, 0.4) is 0 Å². The smallest absolute Gasteiger partial charge is 0.328 e. The normalized spacial score (nSPS) is 16.4. The molecule has 1 aromatic carbocycles. The van der Waals surface area contributed by atoms with E-state index in [2.05, 4.69) is 10.3 Å². The molecule has 0 radical (unpaired) electrons. The molecule has 1 fully saturated rings. The highest BCUT2D eigenvalue weighted by Gasteiger charge is 2.36. The summed E-state index contributed by atoms with van der Waals surface area (Å²) in [6.45, 7) is 5.19. The van der Waals surface area contributed by atoms with Gasteiger partial charge in [-0.15, -0.1) is 0 Å². The standard InChI is InChI=1S/C24H29FN2O5/c1-13-12-17(25)8-9-18(13)20(16-6-5-7-16)15(3)32-24(30)14(2)27-23(29)21-22(28)19(31-4)10-11-26-21/h8-12,14-16,20,28H,5-7H2,1-4H3,(H,27,29)/t14-,15-,20+/m0/s1. The Morgan fingerprint density at radius 1 is 1.25 bits per heavy atom. The maximum absolute atomic E-state index is 13.6. The molecule has 1 aliphatic rings. The van der Waals surface area contributed by atoms with Crippen molar-refractivity contribution in [1.82, 2.24) is 10.3 Å².